The number of para-hydroxylation sites is 1. The number of ether oxygens (including phenoxy) is 1. The van der Waals surface area contributed by atoms with Crippen LogP contribution in [0.25, 0.3) is 0 Å². The van der Waals surface area contributed by atoms with Gasteiger partial charge in [-0.25, -0.2) is 4.68 Å². The van der Waals surface area contributed by atoms with Crippen LogP contribution in [-0.2, 0) is 17.6 Å². The lowest BCUT2D eigenvalue weighted by molar-refractivity contribution is -0.116. The summed E-state index contributed by atoms with van der Waals surface area (Å²) < 4.78 is 7.48. The zero-order valence-corrected chi connectivity index (χ0v) is 18.8. The number of thioether (sulfide) groups is 1. The molecule has 1 aliphatic rings. The van der Waals surface area contributed by atoms with Crippen LogP contribution in [0.5, 0.6) is 5.75 Å². The lowest BCUT2D eigenvalue weighted by atomic mass is 10.0. The fraction of sp³-hybridized carbons (Fsp3) is 0.348. The third kappa shape index (κ3) is 4.39. The van der Waals surface area contributed by atoms with Gasteiger partial charge in [-0.2, -0.15) is 0 Å². The van der Waals surface area contributed by atoms with Crippen LogP contribution < -0.4 is 15.5 Å². The molecule has 0 spiro atoms. The molecule has 162 valence electrons. The maximum Gasteiger partial charge on any atom is 0.240 e. The smallest absolute Gasteiger partial charge is 0.240 e. The van der Waals surface area contributed by atoms with Crippen molar-refractivity contribution in [2.24, 2.45) is 0 Å². The first-order chi connectivity index (χ1) is 15.1. The molecule has 8 heteroatoms. The summed E-state index contributed by atoms with van der Waals surface area (Å²) in [5.41, 5.74) is 6.44. The lowest BCUT2D eigenvalue weighted by Crippen LogP contribution is -2.41. The predicted molar refractivity (Wildman–Crippen MR) is 123 cm³/mol. The first-order valence-electron chi connectivity index (χ1n) is 10.6. The van der Waals surface area contributed by atoms with Crippen LogP contribution in [0.1, 0.15) is 43.8 Å². The van der Waals surface area contributed by atoms with Crippen molar-refractivity contribution in [2.45, 2.75) is 50.1 Å². The Hall–Kier alpha value is -3.00. The second-order valence-corrected chi connectivity index (χ2v) is 8.34. The van der Waals surface area contributed by atoms with Gasteiger partial charge in [0, 0.05) is 12.1 Å². The molecule has 2 atom stereocenters. The quantitative estimate of drug-likeness (QED) is 0.577. The fourth-order valence-corrected chi connectivity index (χ4v) is 4.77. The summed E-state index contributed by atoms with van der Waals surface area (Å²) >= 11 is 1.43. The summed E-state index contributed by atoms with van der Waals surface area (Å²) in [5, 5.41) is 12.0. The number of benzene rings is 2. The molecule has 0 saturated heterocycles. The number of hydrogen-bond acceptors (Lipinski definition) is 6. The van der Waals surface area contributed by atoms with Crippen LogP contribution >= 0.6 is 11.8 Å². The Morgan fingerprint density at radius 1 is 1.10 bits per heavy atom. The molecule has 0 radical (unpaired) electrons. The summed E-state index contributed by atoms with van der Waals surface area (Å²) in [6, 6.07) is 15.6. The minimum atomic E-state index is -0.413. The zero-order valence-electron chi connectivity index (χ0n) is 18.0. The number of fused-ring (bicyclic) bond motifs is 1. The number of aromatic nitrogens is 3. The maximum absolute atomic E-state index is 13.4. The molecule has 1 aliphatic heterocycles. The van der Waals surface area contributed by atoms with Gasteiger partial charge in [-0.05, 0) is 42.7 Å². The number of carbonyl (C=O) groups is 1. The molecular formula is C23H27N5O2S. The van der Waals surface area contributed by atoms with E-state index in [0.29, 0.717) is 11.8 Å². The number of hydrogen-bond donors (Lipinski definition) is 2. The van der Waals surface area contributed by atoms with Gasteiger partial charge in [-0.3, -0.25) is 4.79 Å². The average Bonchev–Trinajstić information content (AvgIpc) is 3.21. The summed E-state index contributed by atoms with van der Waals surface area (Å²) in [6.07, 6.45) is 1.60. The fourth-order valence-electron chi connectivity index (χ4n) is 3.67. The van der Waals surface area contributed by atoms with E-state index in [1.54, 1.807) is 0 Å². The van der Waals surface area contributed by atoms with Gasteiger partial charge in [-0.15, -0.1) is 10.2 Å². The van der Waals surface area contributed by atoms with Crippen LogP contribution in [-0.4, -0.2) is 32.6 Å². The van der Waals surface area contributed by atoms with Crippen molar-refractivity contribution in [1.29, 1.82) is 0 Å². The molecule has 0 saturated carbocycles. The number of anilines is 1. The molecule has 0 bridgehead atoms. The first-order valence-corrected chi connectivity index (χ1v) is 11.5. The van der Waals surface area contributed by atoms with E-state index in [1.165, 1.54) is 11.8 Å². The van der Waals surface area contributed by atoms with E-state index in [2.05, 4.69) is 27.9 Å². The number of nitrogens with zero attached hydrogens (tertiary/aromatic N) is 3. The maximum atomic E-state index is 13.4. The van der Waals surface area contributed by atoms with Gasteiger partial charge in [-0.1, -0.05) is 55.9 Å². The van der Waals surface area contributed by atoms with E-state index in [1.807, 2.05) is 67.1 Å². The Morgan fingerprint density at radius 3 is 2.58 bits per heavy atom. The summed E-state index contributed by atoms with van der Waals surface area (Å²) in [6.45, 7) is 6.69. The topological polar surface area (TPSA) is 81.1 Å². The highest BCUT2D eigenvalue weighted by atomic mass is 32.2. The zero-order chi connectivity index (χ0) is 21.8. The number of carbonyl (C=O) groups excluding carboxylic acids is 1. The second-order valence-electron chi connectivity index (χ2n) is 7.23. The minimum absolute atomic E-state index is 0.0652. The number of amides is 1. The molecule has 0 unspecified atom stereocenters. The molecule has 31 heavy (non-hydrogen) atoms. The summed E-state index contributed by atoms with van der Waals surface area (Å²) in [5.74, 6) is 1.59. The number of aryl methyl sites for hydroxylation is 2. The van der Waals surface area contributed by atoms with E-state index in [9.17, 15) is 4.79 Å². The normalized spacial score (nSPS) is 17.5. The van der Waals surface area contributed by atoms with Crippen molar-refractivity contribution in [1.82, 2.24) is 14.9 Å². The van der Waals surface area contributed by atoms with Crippen molar-refractivity contribution in [2.75, 3.05) is 17.3 Å². The standard InChI is InChI=1S/C23H27N5O2S/c1-4-15-9-7-8-10-18(15)24-22(29)21-20(16-11-13-17(14-12-16)30-6-3)27-28-19(5-2)25-26-23(28)31-21/h7-14,20-21,27H,4-6H2,1-3H3,(H,24,29)/t20-,21-/m0/s1. The Kier molecular flexibility index (Phi) is 6.46. The van der Waals surface area contributed by atoms with Crippen molar-refractivity contribution in [3.8, 4) is 5.75 Å². The number of nitrogens with one attached hydrogen (secondary N) is 2. The largest absolute Gasteiger partial charge is 0.494 e. The van der Waals surface area contributed by atoms with Gasteiger partial charge in [0.05, 0.1) is 12.6 Å². The Bertz CT molecular complexity index is 1050. The lowest BCUT2D eigenvalue weighted by Gasteiger charge is -2.33. The van der Waals surface area contributed by atoms with Crippen molar-refractivity contribution >= 4 is 23.4 Å². The van der Waals surface area contributed by atoms with E-state index < -0.39 is 5.25 Å². The highest BCUT2D eigenvalue weighted by molar-refractivity contribution is 8.00. The van der Waals surface area contributed by atoms with E-state index in [0.717, 1.165) is 41.2 Å². The highest BCUT2D eigenvalue weighted by Crippen LogP contribution is 2.38. The summed E-state index contributed by atoms with van der Waals surface area (Å²) in [4.78, 5) is 13.4. The van der Waals surface area contributed by atoms with Gasteiger partial charge >= 0.3 is 0 Å². The monoisotopic (exact) mass is 437 g/mol. The van der Waals surface area contributed by atoms with Gasteiger partial charge in [0.25, 0.3) is 0 Å². The van der Waals surface area contributed by atoms with Gasteiger partial charge in [0.15, 0.2) is 5.82 Å². The van der Waals surface area contributed by atoms with E-state index in [-0.39, 0.29) is 11.9 Å². The molecule has 1 amide bonds. The van der Waals surface area contributed by atoms with Crippen LogP contribution in [0.3, 0.4) is 0 Å². The third-order valence-electron chi connectivity index (χ3n) is 5.28. The molecule has 2 N–H and O–H groups in total. The number of rotatable bonds is 7. The summed E-state index contributed by atoms with van der Waals surface area (Å²) in [7, 11) is 0. The average molecular weight is 438 g/mol. The molecular weight excluding hydrogens is 410 g/mol. The Balaban J connectivity index is 1.66. The van der Waals surface area contributed by atoms with Gasteiger partial charge in [0.1, 0.15) is 11.0 Å². The Morgan fingerprint density at radius 2 is 1.87 bits per heavy atom. The van der Waals surface area contributed by atoms with Crippen LogP contribution in [0.15, 0.2) is 53.7 Å². The SMILES string of the molecule is CCOc1ccc([C@@H]2Nn3c(CC)nnc3S[C@@H]2C(=O)Nc2ccccc2CC)cc1. The minimum Gasteiger partial charge on any atom is -0.494 e. The highest BCUT2D eigenvalue weighted by Gasteiger charge is 2.37. The van der Waals surface area contributed by atoms with Crippen molar-refractivity contribution in [3.63, 3.8) is 0 Å². The molecule has 4 rings (SSSR count). The first kappa shape index (κ1) is 21.2. The molecule has 0 fully saturated rings. The van der Waals surface area contributed by atoms with Gasteiger partial charge in [0.2, 0.25) is 11.1 Å². The Labute approximate surface area is 186 Å². The van der Waals surface area contributed by atoms with Crippen molar-refractivity contribution in [3.05, 3.63) is 65.5 Å². The van der Waals surface area contributed by atoms with Crippen molar-refractivity contribution < 1.29 is 9.53 Å². The van der Waals surface area contributed by atoms with E-state index >= 15 is 0 Å². The molecule has 0 aliphatic carbocycles. The van der Waals surface area contributed by atoms with Gasteiger partial charge < -0.3 is 15.5 Å². The third-order valence-corrected chi connectivity index (χ3v) is 6.50. The molecule has 7 nitrogen and oxygen atoms in total. The van der Waals surface area contributed by atoms with Crippen LogP contribution in [0, 0.1) is 0 Å². The molecule has 2 heterocycles. The van der Waals surface area contributed by atoms with Crippen LogP contribution in [0.4, 0.5) is 5.69 Å². The van der Waals surface area contributed by atoms with Crippen LogP contribution in [0.2, 0.25) is 0 Å². The second kappa shape index (κ2) is 9.43. The molecule has 1 aromatic heterocycles. The molecule has 2 aromatic carbocycles. The predicted octanol–water partition coefficient (Wildman–Crippen LogP) is 4.20. The van der Waals surface area contributed by atoms with E-state index in [4.69, 9.17) is 4.74 Å². The molecule has 3 aromatic rings.